The van der Waals surface area contributed by atoms with Gasteiger partial charge in [0, 0.05) is 17.6 Å². The third-order valence-electron chi connectivity index (χ3n) is 3.89. The van der Waals surface area contributed by atoms with Gasteiger partial charge in [-0.15, -0.1) is 0 Å². The first kappa shape index (κ1) is 15.8. The van der Waals surface area contributed by atoms with Crippen LogP contribution in [-0.4, -0.2) is 25.8 Å². The first-order valence-corrected chi connectivity index (χ1v) is 9.01. The van der Waals surface area contributed by atoms with Crippen molar-refractivity contribution in [1.82, 2.24) is 4.31 Å². The molecule has 0 amide bonds. The van der Waals surface area contributed by atoms with Crippen LogP contribution in [-0.2, 0) is 10.0 Å². The monoisotopic (exact) mass is 360 g/mol. The molecule has 1 heterocycles. The Labute approximate surface area is 129 Å². The average Bonchev–Trinajstić information content (AvgIpc) is 2.50. The normalized spacial score (nSPS) is 20.6. The summed E-state index contributed by atoms with van der Waals surface area (Å²) in [6, 6.07) is 4.92. The Morgan fingerprint density at radius 2 is 1.95 bits per heavy atom. The molecule has 0 radical (unpaired) electrons. The number of anilines is 1. The summed E-state index contributed by atoms with van der Waals surface area (Å²) >= 11 is 3.30. The lowest BCUT2D eigenvalue weighted by Crippen LogP contribution is -2.33. The van der Waals surface area contributed by atoms with Crippen LogP contribution in [0, 0.1) is 5.41 Å². The van der Waals surface area contributed by atoms with E-state index in [0.29, 0.717) is 18.8 Å². The van der Waals surface area contributed by atoms with Gasteiger partial charge in [0.15, 0.2) is 0 Å². The van der Waals surface area contributed by atoms with Crippen molar-refractivity contribution in [2.24, 2.45) is 5.41 Å². The Balaban J connectivity index is 2.30. The van der Waals surface area contributed by atoms with Crippen molar-refractivity contribution in [3.8, 4) is 0 Å². The van der Waals surface area contributed by atoms with Gasteiger partial charge in [-0.25, -0.2) is 8.42 Å². The smallest absolute Gasteiger partial charge is 0.245 e. The van der Waals surface area contributed by atoms with Crippen molar-refractivity contribution in [3.05, 3.63) is 22.7 Å². The zero-order valence-electron chi connectivity index (χ0n) is 11.9. The van der Waals surface area contributed by atoms with Gasteiger partial charge in [0.2, 0.25) is 10.0 Å². The Bertz CT molecular complexity index is 599. The van der Waals surface area contributed by atoms with Crippen LogP contribution in [0.5, 0.6) is 0 Å². The molecule has 1 aliphatic rings. The fraction of sp³-hybridized carbons (Fsp3) is 0.571. The number of nitrogens with zero attached hydrogens (tertiary/aromatic N) is 1. The summed E-state index contributed by atoms with van der Waals surface area (Å²) in [5.41, 5.74) is 6.37. The lowest BCUT2D eigenvalue weighted by molar-refractivity contribution is 0.315. The van der Waals surface area contributed by atoms with E-state index in [9.17, 15) is 8.42 Å². The third-order valence-corrected chi connectivity index (χ3v) is 6.35. The van der Waals surface area contributed by atoms with Gasteiger partial charge >= 0.3 is 0 Å². The third kappa shape index (κ3) is 3.35. The van der Waals surface area contributed by atoms with Gasteiger partial charge in [0.25, 0.3) is 0 Å². The van der Waals surface area contributed by atoms with Crippen LogP contribution >= 0.6 is 15.9 Å². The average molecular weight is 361 g/mol. The summed E-state index contributed by atoms with van der Waals surface area (Å²) in [5.74, 6) is 0. The van der Waals surface area contributed by atoms with Gasteiger partial charge in [-0.05, 0) is 42.9 Å². The molecular formula is C14H21BrN2O2S. The van der Waals surface area contributed by atoms with Crippen LogP contribution < -0.4 is 5.73 Å². The fourth-order valence-corrected chi connectivity index (χ4v) is 4.49. The highest BCUT2D eigenvalue weighted by atomic mass is 79.9. The van der Waals surface area contributed by atoms with Crippen molar-refractivity contribution in [2.75, 3.05) is 18.8 Å². The number of nitrogens with two attached hydrogens (primary N) is 1. The lowest BCUT2D eigenvalue weighted by atomic mass is 9.85. The van der Waals surface area contributed by atoms with Gasteiger partial charge in [-0.3, -0.25) is 0 Å². The summed E-state index contributed by atoms with van der Waals surface area (Å²) in [6.45, 7) is 5.51. The summed E-state index contributed by atoms with van der Waals surface area (Å²) in [4.78, 5) is 0.209. The molecule has 20 heavy (non-hydrogen) atoms. The summed E-state index contributed by atoms with van der Waals surface area (Å²) in [5, 5.41) is 0. The predicted molar refractivity (Wildman–Crippen MR) is 84.9 cm³/mol. The Morgan fingerprint density at radius 3 is 2.60 bits per heavy atom. The topological polar surface area (TPSA) is 63.4 Å². The zero-order chi connectivity index (χ0) is 15.0. The van der Waals surface area contributed by atoms with E-state index in [0.717, 1.165) is 23.7 Å². The molecule has 0 aromatic heterocycles. The molecule has 0 bridgehead atoms. The molecule has 0 saturated carbocycles. The van der Waals surface area contributed by atoms with Crippen LogP contribution in [0.4, 0.5) is 5.69 Å². The van der Waals surface area contributed by atoms with Crippen molar-refractivity contribution in [2.45, 2.75) is 38.0 Å². The molecule has 1 saturated heterocycles. The van der Waals surface area contributed by atoms with Crippen LogP contribution in [0.1, 0.15) is 33.1 Å². The maximum absolute atomic E-state index is 12.7. The van der Waals surface area contributed by atoms with Crippen LogP contribution in [0.3, 0.4) is 0 Å². The van der Waals surface area contributed by atoms with Gasteiger partial charge in [-0.2, -0.15) is 4.31 Å². The molecule has 2 rings (SSSR count). The van der Waals surface area contributed by atoms with E-state index in [1.807, 2.05) is 0 Å². The second-order valence-electron chi connectivity index (χ2n) is 6.10. The van der Waals surface area contributed by atoms with Gasteiger partial charge in [0.1, 0.15) is 4.90 Å². The number of sulfonamides is 1. The molecule has 0 aliphatic carbocycles. The maximum atomic E-state index is 12.7. The molecule has 1 aromatic rings. The highest BCUT2D eigenvalue weighted by Crippen LogP contribution is 2.33. The largest absolute Gasteiger partial charge is 0.398 e. The number of benzene rings is 1. The minimum absolute atomic E-state index is 0.204. The number of hydrogen-bond donors (Lipinski definition) is 1. The molecule has 0 spiro atoms. The number of hydrogen-bond acceptors (Lipinski definition) is 3. The first-order valence-electron chi connectivity index (χ1n) is 6.78. The van der Waals surface area contributed by atoms with E-state index in [-0.39, 0.29) is 10.3 Å². The van der Waals surface area contributed by atoms with Crippen LogP contribution in [0.15, 0.2) is 27.6 Å². The first-order chi connectivity index (χ1) is 9.22. The second kappa shape index (κ2) is 5.66. The summed E-state index contributed by atoms with van der Waals surface area (Å²) in [6.07, 6.45) is 2.82. The zero-order valence-corrected chi connectivity index (χ0v) is 14.3. The van der Waals surface area contributed by atoms with E-state index in [1.165, 1.54) is 0 Å². The molecule has 1 fully saturated rings. The number of rotatable bonds is 2. The van der Waals surface area contributed by atoms with Crippen molar-refractivity contribution < 1.29 is 8.42 Å². The van der Waals surface area contributed by atoms with E-state index >= 15 is 0 Å². The predicted octanol–water partition coefficient (Wildman–Crippen LogP) is 3.23. The maximum Gasteiger partial charge on any atom is 0.245 e. The summed E-state index contributed by atoms with van der Waals surface area (Å²) in [7, 11) is -3.50. The van der Waals surface area contributed by atoms with E-state index in [4.69, 9.17) is 5.73 Å². The highest BCUT2D eigenvalue weighted by molar-refractivity contribution is 9.10. The molecule has 112 valence electrons. The standard InChI is InChI=1S/C14H21BrN2O2S/c1-14(2)6-3-8-17(9-7-14)20(18,19)13-5-4-11(15)10-12(13)16/h4-5,10H,3,6-9,16H2,1-2H3. The molecule has 0 atom stereocenters. The highest BCUT2D eigenvalue weighted by Gasteiger charge is 2.31. The second-order valence-corrected chi connectivity index (χ2v) is 8.93. The SMILES string of the molecule is CC1(C)CCCN(S(=O)(=O)c2ccc(Br)cc2N)CC1. The molecular weight excluding hydrogens is 340 g/mol. The van der Waals surface area contributed by atoms with Crippen LogP contribution in [0.25, 0.3) is 0 Å². The Hall–Kier alpha value is -0.590. The fourth-order valence-electron chi connectivity index (χ4n) is 2.53. The molecule has 6 heteroatoms. The Morgan fingerprint density at radius 1 is 1.25 bits per heavy atom. The molecule has 0 unspecified atom stereocenters. The van der Waals surface area contributed by atoms with Crippen LogP contribution in [0.2, 0.25) is 0 Å². The Kier molecular flexibility index (Phi) is 4.47. The molecule has 4 nitrogen and oxygen atoms in total. The van der Waals surface area contributed by atoms with E-state index < -0.39 is 10.0 Å². The number of halogens is 1. The quantitative estimate of drug-likeness (QED) is 0.823. The molecule has 1 aromatic carbocycles. The molecule has 1 aliphatic heterocycles. The van der Waals surface area contributed by atoms with Crippen molar-refractivity contribution in [3.63, 3.8) is 0 Å². The van der Waals surface area contributed by atoms with Gasteiger partial charge in [0.05, 0.1) is 5.69 Å². The van der Waals surface area contributed by atoms with Gasteiger partial charge in [-0.1, -0.05) is 29.8 Å². The molecule has 2 N–H and O–H groups in total. The number of nitrogen functional groups attached to an aromatic ring is 1. The van der Waals surface area contributed by atoms with Gasteiger partial charge < -0.3 is 5.73 Å². The van der Waals surface area contributed by atoms with E-state index in [1.54, 1.807) is 22.5 Å². The summed E-state index contributed by atoms with van der Waals surface area (Å²) < 4.78 is 27.8. The minimum atomic E-state index is -3.50. The van der Waals surface area contributed by atoms with Crippen molar-refractivity contribution in [1.29, 1.82) is 0 Å². The van der Waals surface area contributed by atoms with E-state index in [2.05, 4.69) is 29.8 Å². The minimum Gasteiger partial charge on any atom is -0.398 e. The lowest BCUT2D eigenvalue weighted by Gasteiger charge is -2.23. The van der Waals surface area contributed by atoms with Crippen molar-refractivity contribution >= 4 is 31.6 Å².